The Labute approximate surface area is 242 Å². The van der Waals surface area contributed by atoms with Crippen molar-refractivity contribution in [2.45, 2.75) is 31.7 Å². The summed E-state index contributed by atoms with van der Waals surface area (Å²) in [4.78, 5) is 23.2. The van der Waals surface area contributed by atoms with Crippen LogP contribution in [-0.2, 0) is 18.8 Å². The van der Waals surface area contributed by atoms with Crippen LogP contribution in [0.4, 0.5) is 15.0 Å². The Morgan fingerprint density at radius 1 is 0.900 bits per heavy atom. The lowest BCUT2D eigenvalue weighted by atomic mass is 10.2. The first-order valence-corrected chi connectivity index (χ1v) is 15.0. The molecule has 2 N–H and O–H groups in total. The molecule has 218 valence electrons. The van der Waals surface area contributed by atoms with Crippen LogP contribution >= 0.6 is 11.8 Å². The topological polar surface area (TPSA) is 76.9 Å². The molecule has 0 radical (unpaired) electrons. The molecule has 0 unspecified atom stereocenters. The average molecular weight is 571 g/mol. The molecule has 0 fully saturated rings. The summed E-state index contributed by atoms with van der Waals surface area (Å²) in [6.07, 6.45) is 3.70. The van der Waals surface area contributed by atoms with Crippen molar-refractivity contribution < 1.29 is 13.6 Å². The molecule has 0 atom stereocenters. The van der Waals surface area contributed by atoms with Crippen LogP contribution in [0.15, 0.2) is 65.2 Å². The highest BCUT2D eigenvalue weighted by atomic mass is 32.2. The predicted octanol–water partition coefficient (Wildman–Crippen LogP) is 4.83. The van der Waals surface area contributed by atoms with Gasteiger partial charge in [-0.05, 0) is 82.5 Å². The van der Waals surface area contributed by atoms with E-state index < -0.39 is 0 Å². The van der Waals surface area contributed by atoms with Crippen molar-refractivity contribution in [2.75, 3.05) is 64.5 Å². The lowest BCUT2D eigenvalue weighted by Gasteiger charge is -2.27. The zero-order valence-corrected chi connectivity index (χ0v) is 24.8. The first kappa shape index (κ1) is 31.4. The SMILES string of the molecule is CN(C)Cc1ccc(CSCCNC(=O)NCCCCN(C)CCN(Cc2ccc(F)cc2)c2ccccn2)o1. The molecular formula is C30H43FN6O2S. The number of nitrogens with zero attached hydrogens (tertiary/aromatic N) is 4. The molecule has 3 aromatic rings. The third-order valence-corrected chi connectivity index (χ3v) is 7.21. The smallest absolute Gasteiger partial charge is 0.314 e. The zero-order chi connectivity index (χ0) is 28.6. The monoisotopic (exact) mass is 570 g/mol. The number of amides is 2. The van der Waals surface area contributed by atoms with Gasteiger partial charge in [0.25, 0.3) is 0 Å². The molecule has 0 spiro atoms. The number of hydrogen-bond acceptors (Lipinski definition) is 7. The van der Waals surface area contributed by atoms with E-state index in [1.807, 2.05) is 56.6 Å². The van der Waals surface area contributed by atoms with Gasteiger partial charge in [0, 0.05) is 44.7 Å². The van der Waals surface area contributed by atoms with Gasteiger partial charge in [-0.15, -0.1) is 0 Å². The standard InChI is InChI=1S/C30H43FN6O2S/c1-35(2)23-27-13-14-28(39-27)24-40-21-17-34-30(38)33-16-6-7-18-36(3)19-20-37(29-8-4-5-15-32-29)22-25-9-11-26(31)12-10-25/h4-5,8-15H,6-7,16-24H2,1-3H3,(H2,33,34,38). The number of unbranched alkanes of at least 4 members (excludes halogenated alkanes) is 1. The number of halogens is 1. The van der Waals surface area contributed by atoms with E-state index in [1.165, 1.54) is 12.1 Å². The molecule has 0 saturated carbocycles. The summed E-state index contributed by atoms with van der Waals surface area (Å²) in [5, 5.41) is 5.87. The minimum atomic E-state index is -0.227. The normalized spacial score (nSPS) is 11.2. The Morgan fingerprint density at radius 2 is 1.68 bits per heavy atom. The van der Waals surface area contributed by atoms with Crippen LogP contribution in [0.3, 0.4) is 0 Å². The summed E-state index contributed by atoms with van der Waals surface area (Å²) >= 11 is 1.74. The summed E-state index contributed by atoms with van der Waals surface area (Å²) in [6, 6.07) is 16.4. The van der Waals surface area contributed by atoms with Crippen molar-refractivity contribution in [3.63, 3.8) is 0 Å². The second kappa shape index (κ2) is 17.6. The van der Waals surface area contributed by atoms with Gasteiger partial charge in [0.15, 0.2) is 0 Å². The molecule has 2 heterocycles. The maximum Gasteiger partial charge on any atom is 0.314 e. The van der Waals surface area contributed by atoms with Crippen molar-refractivity contribution >= 4 is 23.6 Å². The number of rotatable bonds is 18. The van der Waals surface area contributed by atoms with E-state index in [-0.39, 0.29) is 11.8 Å². The summed E-state index contributed by atoms with van der Waals surface area (Å²) in [5.41, 5.74) is 1.05. The fourth-order valence-electron chi connectivity index (χ4n) is 4.11. The Kier molecular flexibility index (Phi) is 13.8. The number of carbonyl (C=O) groups excluding carboxylic acids is 1. The number of nitrogens with one attached hydrogen (secondary N) is 2. The Balaban J connectivity index is 1.24. The average Bonchev–Trinajstić information content (AvgIpc) is 3.38. The van der Waals surface area contributed by atoms with Crippen molar-refractivity contribution in [3.05, 3.63) is 83.7 Å². The number of carbonyl (C=O) groups is 1. The van der Waals surface area contributed by atoms with Gasteiger partial charge < -0.3 is 29.8 Å². The number of hydrogen-bond donors (Lipinski definition) is 2. The summed E-state index contributed by atoms with van der Waals surface area (Å²) in [5.74, 6) is 4.25. The number of urea groups is 1. The third kappa shape index (κ3) is 12.4. The van der Waals surface area contributed by atoms with E-state index in [0.29, 0.717) is 19.6 Å². The van der Waals surface area contributed by atoms with Crippen LogP contribution in [0.25, 0.3) is 0 Å². The minimum absolute atomic E-state index is 0.119. The molecule has 0 aliphatic carbocycles. The molecule has 2 amide bonds. The maximum atomic E-state index is 13.3. The van der Waals surface area contributed by atoms with Crippen LogP contribution < -0.4 is 15.5 Å². The van der Waals surface area contributed by atoms with Gasteiger partial charge >= 0.3 is 6.03 Å². The van der Waals surface area contributed by atoms with Gasteiger partial charge in [-0.25, -0.2) is 14.2 Å². The first-order chi connectivity index (χ1) is 19.4. The van der Waals surface area contributed by atoms with E-state index in [2.05, 4.69) is 37.4 Å². The highest BCUT2D eigenvalue weighted by Crippen LogP contribution is 2.16. The highest BCUT2D eigenvalue weighted by Gasteiger charge is 2.10. The van der Waals surface area contributed by atoms with E-state index in [9.17, 15) is 9.18 Å². The molecule has 0 aliphatic heterocycles. The van der Waals surface area contributed by atoms with Gasteiger partial charge in [-0.1, -0.05) is 18.2 Å². The predicted molar refractivity (Wildman–Crippen MR) is 162 cm³/mol. The Hall–Kier alpha value is -3.08. The van der Waals surface area contributed by atoms with E-state index in [0.717, 1.165) is 73.4 Å². The second-order valence-corrected chi connectivity index (χ2v) is 11.2. The lowest BCUT2D eigenvalue weighted by Crippen LogP contribution is -2.37. The fourth-order valence-corrected chi connectivity index (χ4v) is 4.85. The van der Waals surface area contributed by atoms with Gasteiger partial charge in [0.05, 0.1) is 12.3 Å². The fraction of sp³-hybridized carbons (Fsp3) is 0.467. The zero-order valence-electron chi connectivity index (χ0n) is 23.9. The minimum Gasteiger partial charge on any atom is -0.464 e. The molecule has 40 heavy (non-hydrogen) atoms. The van der Waals surface area contributed by atoms with Crippen LogP contribution in [0.2, 0.25) is 0 Å². The van der Waals surface area contributed by atoms with Gasteiger partial charge in [-0.2, -0.15) is 11.8 Å². The van der Waals surface area contributed by atoms with Crippen LogP contribution in [0.5, 0.6) is 0 Å². The van der Waals surface area contributed by atoms with Crippen molar-refractivity contribution in [1.82, 2.24) is 25.4 Å². The van der Waals surface area contributed by atoms with Crippen molar-refractivity contribution in [1.29, 1.82) is 0 Å². The molecule has 0 aliphatic rings. The number of furan rings is 1. The number of aromatic nitrogens is 1. The highest BCUT2D eigenvalue weighted by molar-refractivity contribution is 7.98. The number of anilines is 1. The molecule has 8 nitrogen and oxygen atoms in total. The lowest BCUT2D eigenvalue weighted by molar-refractivity contribution is 0.241. The molecule has 2 aromatic heterocycles. The molecular weight excluding hydrogens is 527 g/mol. The van der Waals surface area contributed by atoms with E-state index in [1.54, 1.807) is 18.0 Å². The molecule has 1 aromatic carbocycles. The Bertz CT molecular complexity index is 1110. The number of pyridine rings is 1. The number of thioether (sulfide) groups is 1. The summed E-state index contributed by atoms with van der Waals surface area (Å²) in [7, 11) is 6.15. The first-order valence-electron chi connectivity index (χ1n) is 13.8. The number of likely N-dealkylation sites (N-methyl/N-ethyl adjacent to an activating group) is 1. The van der Waals surface area contributed by atoms with Crippen molar-refractivity contribution in [3.8, 4) is 0 Å². The Morgan fingerprint density at radius 3 is 2.42 bits per heavy atom. The van der Waals surface area contributed by atoms with E-state index >= 15 is 0 Å². The van der Waals surface area contributed by atoms with E-state index in [4.69, 9.17) is 4.42 Å². The third-order valence-electron chi connectivity index (χ3n) is 6.23. The number of benzene rings is 1. The van der Waals surface area contributed by atoms with Crippen LogP contribution in [0, 0.1) is 5.82 Å². The van der Waals surface area contributed by atoms with Gasteiger partial charge in [-0.3, -0.25) is 0 Å². The molecule has 0 saturated heterocycles. The molecule has 0 bridgehead atoms. The molecule has 3 rings (SSSR count). The largest absolute Gasteiger partial charge is 0.464 e. The molecule has 10 heteroatoms. The van der Waals surface area contributed by atoms with Crippen LogP contribution in [0.1, 0.15) is 29.9 Å². The second-order valence-electron chi connectivity index (χ2n) is 10.1. The quantitative estimate of drug-likeness (QED) is 0.212. The summed E-state index contributed by atoms with van der Waals surface area (Å²) in [6.45, 7) is 5.36. The van der Waals surface area contributed by atoms with Gasteiger partial charge in [0.1, 0.15) is 23.2 Å². The van der Waals surface area contributed by atoms with Crippen LogP contribution in [-0.4, -0.2) is 80.4 Å². The summed E-state index contributed by atoms with van der Waals surface area (Å²) < 4.78 is 19.1. The maximum absolute atomic E-state index is 13.3. The van der Waals surface area contributed by atoms with Crippen molar-refractivity contribution in [2.24, 2.45) is 0 Å². The van der Waals surface area contributed by atoms with Gasteiger partial charge in [0.2, 0.25) is 0 Å².